The van der Waals surface area contributed by atoms with Crippen molar-refractivity contribution in [1.29, 1.82) is 0 Å². The molecule has 0 unspecified atom stereocenters. The number of halogens is 3. The largest absolute Gasteiger partial charge is 0.436 e. The lowest BCUT2D eigenvalue weighted by Crippen LogP contribution is -2.37. The maximum atomic E-state index is 13.8. The Bertz CT molecular complexity index is 1100. The molecule has 0 spiro atoms. The topological polar surface area (TPSA) is 75.0 Å². The van der Waals surface area contributed by atoms with E-state index in [1.165, 1.54) is 21.7 Å². The Hall–Kier alpha value is -2.14. The highest BCUT2D eigenvalue weighted by Crippen LogP contribution is 2.36. The smallest absolute Gasteiger partial charge is 0.339 e. The summed E-state index contributed by atoms with van der Waals surface area (Å²) in [5, 5.41) is 3.71. The van der Waals surface area contributed by atoms with Crippen molar-refractivity contribution < 1.29 is 26.4 Å². The summed E-state index contributed by atoms with van der Waals surface area (Å²) in [4.78, 5) is 14.7. The molecule has 32 heavy (non-hydrogen) atoms. The number of alkyl halides is 3. The second-order valence-corrected chi connectivity index (χ2v) is 10.6. The van der Waals surface area contributed by atoms with E-state index in [1.54, 1.807) is 12.1 Å². The van der Waals surface area contributed by atoms with Crippen LogP contribution in [0.25, 0.3) is 5.52 Å². The van der Waals surface area contributed by atoms with Crippen LogP contribution in [0.1, 0.15) is 66.1 Å². The van der Waals surface area contributed by atoms with E-state index < -0.39 is 33.4 Å². The van der Waals surface area contributed by atoms with Crippen molar-refractivity contribution >= 4 is 21.4 Å². The number of piperidine rings is 1. The Labute approximate surface area is 185 Å². The van der Waals surface area contributed by atoms with Gasteiger partial charge in [-0.2, -0.15) is 18.3 Å². The first-order chi connectivity index (χ1) is 15.1. The number of hydrogen-bond acceptors (Lipinski definition) is 4. The van der Waals surface area contributed by atoms with Crippen LogP contribution < -0.4 is 0 Å². The monoisotopic (exact) mass is 472 g/mol. The van der Waals surface area contributed by atoms with Crippen molar-refractivity contribution in [2.24, 2.45) is 0 Å². The highest BCUT2D eigenvalue weighted by molar-refractivity contribution is 7.88. The molecule has 2 aromatic rings. The lowest BCUT2D eigenvalue weighted by Gasteiger charge is -2.30. The molecular weight excluding hydrogens is 445 g/mol. The van der Waals surface area contributed by atoms with Crippen molar-refractivity contribution in [3.63, 3.8) is 0 Å². The molecule has 7 nitrogen and oxygen atoms in total. The van der Waals surface area contributed by atoms with Gasteiger partial charge in [0.05, 0.1) is 17.3 Å². The molecule has 0 radical (unpaired) electrons. The van der Waals surface area contributed by atoms with E-state index in [2.05, 4.69) is 5.10 Å². The molecule has 2 saturated heterocycles. The third-order valence-electron chi connectivity index (χ3n) is 6.43. The van der Waals surface area contributed by atoms with Crippen LogP contribution in [0.4, 0.5) is 13.2 Å². The second-order valence-electron chi connectivity index (χ2n) is 8.65. The van der Waals surface area contributed by atoms with Gasteiger partial charge in [-0.1, -0.05) is 12.8 Å². The molecule has 0 atom stereocenters. The van der Waals surface area contributed by atoms with Crippen molar-refractivity contribution in [3.05, 3.63) is 35.2 Å². The van der Waals surface area contributed by atoms with Gasteiger partial charge in [-0.3, -0.25) is 4.79 Å². The number of carbonyl (C=O) groups is 1. The summed E-state index contributed by atoms with van der Waals surface area (Å²) in [6.07, 6.45) is 2.49. The van der Waals surface area contributed by atoms with E-state index in [0.29, 0.717) is 39.0 Å². The van der Waals surface area contributed by atoms with Gasteiger partial charge in [0.25, 0.3) is 5.91 Å². The van der Waals surface area contributed by atoms with Crippen LogP contribution in [0.5, 0.6) is 0 Å². The average Bonchev–Trinajstić information content (AvgIpc) is 2.91. The van der Waals surface area contributed by atoms with E-state index in [9.17, 15) is 26.4 Å². The maximum Gasteiger partial charge on any atom is 0.436 e. The van der Waals surface area contributed by atoms with Crippen LogP contribution in [-0.2, 0) is 16.2 Å². The molecule has 0 saturated carbocycles. The number of sulfonamides is 1. The third-order valence-corrected chi connectivity index (χ3v) is 7.73. The minimum Gasteiger partial charge on any atom is -0.339 e. The first kappa shape index (κ1) is 23.0. The van der Waals surface area contributed by atoms with Gasteiger partial charge in [0.1, 0.15) is 0 Å². The normalized spacial score (nSPS) is 19.9. The van der Waals surface area contributed by atoms with Crippen LogP contribution in [-0.4, -0.2) is 65.6 Å². The van der Waals surface area contributed by atoms with Gasteiger partial charge in [-0.25, -0.2) is 17.2 Å². The summed E-state index contributed by atoms with van der Waals surface area (Å²) < 4.78 is 67.4. The minimum atomic E-state index is -4.75. The predicted molar refractivity (Wildman–Crippen MR) is 113 cm³/mol. The lowest BCUT2D eigenvalue weighted by molar-refractivity contribution is -0.141. The van der Waals surface area contributed by atoms with Crippen LogP contribution >= 0.6 is 0 Å². The van der Waals surface area contributed by atoms with Gasteiger partial charge in [-0.15, -0.1) is 0 Å². The second kappa shape index (κ2) is 8.66. The molecular formula is C21H27F3N4O3S. The van der Waals surface area contributed by atoms with E-state index in [1.807, 2.05) is 0 Å². The van der Waals surface area contributed by atoms with Crippen molar-refractivity contribution in [1.82, 2.24) is 18.8 Å². The van der Waals surface area contributed by atoms with Crippen molar-refractivity contribution in [2.75, 3.05) is 32.4 Å². The molecule has 176 valence electrons. The summed E-state index contributed by atoms with van der Waals surface area (Å²) >= 11 is 0. The Morgan fingerprint density at radius 1 is 1.06 bits per heavy atom. The third kappa shape index (κ3) is 4.63. The molecule has 0 aromatic carbocycles. The fraction of sp³-hybridized carbons (Fsp3) is 0.619. The van der Waals surface area contributed by atoms with E-state index >= 15 is 0 Å². The summed E-state index contributed by atoms with van der Waals surface area (Å²) in [5.41, 5.74) is -0.607. The summed E-state index contributed by atoms with van der Waals surface area (Å²) in [5.74, 6) is -0.623. The Morgan fingerprint density at radius 2 is 1.69 bits per heavy atom. The Balaban J connectivity index is 1.70. The summed E-state index contributed by atoms with van der Waals surface area (Å²) in [6.45, 7) is 1.61. The predicted octanol–water partition coefficient (Wildman–Crippen LogP) is 3.51. The molecule has 2 aromatic heterocycles. The molecule has 2 fully saturated rings. The zero-order valence-electron chi connectivity index (χ0n) is 17.9. The van der Waals surface area contributed by atoms with Crippen LogP contribution in [0, 0.1) is 0 Å². The number of fused-ring (bicyclic) bond motifs is 1. The molecule has 1 amide bonds. The Kier molecular flexibility index (Phi) is 6.23. The van der Waals surface area contributed by atoms with Gasteiger partial charge in [0.2, 0.25) is 10.0 Å². The van der Waals surface area contributed by atoms with Gasteiger partial charge in [0, 0.05) is 32.4 Å². The number of amides is 1. The number of nitrogens with zero attached hydrogens (tertiary/aromatic N) is 4. The highest BCUT2D eigenvalue weighted by Gasteiger charge is 2.41. The standard InChI is InChI=1S/C21H27F3N4O3S/c1-32(30,31)27-11-6-15(7-12-27)16-8-13-28-17(14-16)18(19(25-28)21(22,23)24)20(29)26-9-4-2-3-5-10-26/h8,13-15H,2-7,9-12H2,1H3. The maximum absolute atomic E-state index is 13.8. The molecule has 0 bridgehead atoms. The van der Waals surface area contributed by atoms with Crippen molar-refractivity contribution in [3.8, 4) is 0 Å². The fourth-order valence-corrected chi connectivity index (χ4v) is 5.55. The lowest BCUT2D eigenvalue weighted by atomic mass is 9.90. The highest BCUT2D eigenvalue weighted by atomic mass is 32.2. The van der Waals surface area contributed by atoms with E-state index in [-0.39, 0.29) is 11.4 Å². The van der Waals surface area contributed by atoms with E-state index in [4.69, 9.17) is 0 Å². The number of pyridine rings is 1. The zero-order valence-corrected chi connectivity index (χ0v) is 18.8. The number of likely N-dealkylation sites (tertiary alicyclic amines) is 1. The average molecular weight is 473 g/mol. The minimum absolute atomic E-state index is 0.00313. The number of rotatable bonds is 3. The first-order valence-corrected chi connectivity index (χ1v) is 12.7. The SMILES string of the molecule is CS(=O)(=O)N1CCC(c2ccn3nc(C(F)(F)F)c(C(=O)N4CCCCCC4)c3c2)CC1. The van der Waals surface area contributed by atoms with Crippen LogP contribution in [0.15, 0.2) is 18.3 Å². The quantitative estimate of drug-likeness (QED) is 0.685. The molecule has 4 rings (SSSR count). The zero-order chi connectivity index (χ0) is 23.1. The molecule has 0 N–H and O–H groups in total. The van der Waals surface area contributed by atoms with Crippen LogP contribution in [0.2, 0.25) is 0 Å². The summed E-state index contributed by atoms with van der Waals surface area (Å²) in [6, 6.07) is 3.33. The summed E-state index contributed by atoms with van der Waals surface area (Å²) in [7, 11) is -3.27. The molecule has 4 heterocycles. The van der Waals surface area contributed by atoms with Gasteiger partial charge >= 0.3 is 6.18 Å². The van der Waals surface area contributed by atoms with E-state index in [0.717, 1.165) is 35.8 Å². The molecule has 2 aliphatic heterocycles. The first-order valence-electron chi connectivity index (χ1n) is 10.9. The number of hydrogen-bond donors (Lipinski definition) is 0. The molecule has 2 aliphatic rings. The van der Waals surface area contributed by atoms with Gasteiger partial charge < -0.3 is 4.90 Å². The molecule has 11 heteroatoms. The van der Waals surface area contributed by atoms with Gasteiger partial charge in [-0.05, 0) is 49.3 Å². The van der Waals surface area contributed by atoms with Gasteiger partial charge in [0.15, 0.2) is 5.69 Å². The number of aromatic nitrogens is 2. The number of carbonyl (C=O) groups excluding carboxylic acids is 1. The Morgan fingerprint density at radius 3 is 2.25 bits per heavy atom. The van der Waals surface area contributed by atoms with Crippen molar-refractivity contribution in [2.45, 2.75) is 50.6 Å². The fourth-order valence-electron chi connectivity index (χ4n) is 4.68. The van der Waals surface area contributed by atoms with Crippen LogP contribution in [0.3, 0.4) is 0 Å². The molecule has 0 aliphatic carbocycles.